The van der Waals surface area contributed by atoms with Crippen LogP contribution in [0.15, 0.2) is 12.4 Å². The highest BCUT2D eigenvalue weighted by atomic mass is 15.1. The van der Waals surface area contributed by atoms with E-state index in [4.69, 9.17) is 0 Å². The molecule has 0 bridgehead atoms. The van der Waals surface area contributed by atoms with Crippen LogP contribution in [0.4, 0.5) is 5.95 Å². The highest BCUT2D eigenvalue weighted by molar-refractivity contribution is 5.26. The van der Waals surface area contributed by atoms with Gasteiger partial charge < -0.3 is 10.2 Å². The molecule has 4 heteroatoms. The van der Waals surface area contributed by atoms with Gasteiger partial charge in [-0.3, -0.25) is 0 Å². The molecule has 0 amide bonds. The van der Waals surface area contributed by atoms with Crippen LogP contribution in [-0.2, 0) is 5.41 Å². The summed E-state index contributed by atoms with van der Waals surface area (Å²) < 4.78 is 0. The second-order valence-electron chi connectivity index (χ2n) is 6.73. The maximum Gasteiger partial charge on any atom is 0.222 e. The minimum absolute atomic E-state index is 0.118. The zero-order chi connectivity index (χ0) is 14.4. The lowest BCUT2D eigenvalue weighted by molar-refractivity contribution is 0.228. The van der Waals surface area contributed by atoms with Crippen LogP contribution < -0.4 is 5.32 Å². The number of hydrogen-bond donors (Lipinski definition) is 1. The first kappa shape index (κ1) is 15.2. The molecular formula is C16H28N4. The standard InChI is InChI=1S/C16H28N4/c1-16(2,3)14-12-18-15(19-13-14)17-8-7-11-20-9-5-4-6-10-20/h12-13H,4-11H2,1-3H3,(H,17,18,19). The van der Waals surface area contributed by atoms with Crippen LogP contribution >= 0.6 is 0 Å². The Morgan fingerprint density at radius 1 is 1.10 bits per heavy atom. The van der Waals surface area contributed by atoms with Gasteiger partial charge in [0.25, 0.3) is 0 Å². The number of anilines is 1. The van der Waals surface area contributed by atoms with Gasteiger partial charge in [0.05, 0.1) is 0 Å². The molecule has 20 heavy (non-hydrogen) atoms. The van der Waals surface area contributed by atoms with Crippen LogP contribution in [0, 0.1) is 0 Å². The predicted molar refractivity (Wildman–Crippen MR) is 84.1 cm³/mol. The molecule has 1 aromatic rings. The first-order valence-electron chi connectivity index (χ1n) is 7.84. The van der Waals surface area contributed by atoms with Crippen LogP contribution in [0.2, 0.25) is 0 Å². The number of nitrogens with one attached hydrogen (secondary N) is 1. The van der Waals surface area contributed by atoms with E-state index in [2.05, 4.69) is 41.0 Å². The molecule has 0 radical (unpaired) electrons. The summed E-state index contributed by atoms with van der Waals surface area (Å²) in [4.78, 5) is 11.4. The minimum Gasteiger partial charge on any atom is -0.354 e. The van der Waals surface area contributed by atoms with Crippen LogP contribution in [0.1, 0.15) is 52.0 Å². The van der Waals surface area contributed by atoms with Gasteiger partial charge in [-0.2, -0.15) is 0 Å². The van der Waals surface area contributed by atoms with E-state index in [0.29, 0.717) is 0 Å². The third-order valence-electron chi connectivity index (χ3n) is 3.90. The van der Waals surface area contributed by atoms with Crippen molar-refractivity contribution in [2.75, 3.05) is 31.5 Å². The van der Waals surface area contributed by atoms with Crippen molar-refractivity contribution in [3.63, 3.8) is 0 Å². The van der Waals surface area contributed by atoms with Gasteiger partial charge in [-0.25, -0.2) is 9.97 Å². The van der Waals surface area contributed by atoms with Crippen LogP contribution in [0.3, 0.4) is 0 Å². The van der Waals surface area contributed by atoms with Crippen molar-refractivity contribution in [1.82, 2.24) is 14.9 Å². The molecule has 0 aromatic carbocycles. The lowest BCUT2D eigenvalue weighted by Gasteiger charge is -2.26. The number of likely N-dealkylation sites (tertiary alicyclic amines) is 1. The predicted octanol–water partition coefficient (Wildman–Crippen LogP) is 3.06. The zero-order valence-electron chi connectivity index (χ0n) is 13.2. The van der Waals surface area contributed by atoms with Crippen molar-refractivity contribution in [3.05, 3.63) is 18.0 Å². The van der Waals surface area contributed by atoms with Crippen LogP contribution in [-0.4, -0.2) is 41.0 Å². The van der Waals surface area contributed by atoms with E-state index < -0.39 is 0 Å². The van der Waals surface area contributed by atoms with Gasteiger partial charge >= 0.3 is 0 Å². The molecule has 4 nitrogen and oxygen atoms in total. The maximum atomic E-state index is 4.39. The smallest absolute Gasteiger partial charge is 0.222 e. The van der Waals surface area contributed by atoms with E-state index in [1.54, 1.807) is 0 Å². The van der Waals surface area contributed by atoms with E-state index >= 15 is 0 Å². The second-order valence-corrected chi connectivity index (χ2v) is 6.73. The molecule has 1 aliphatic rings. The minimum atomic E-state index is 0.118. The Bertz CT molecular complexity index is 388. The molecule has 0 unspecified atom stereocenters. The second kappa shape index (κ2) is 7.02. The van der Waals surface area contributed by atoms with Crippen molar-refractivity contribution in [1.29, 1.82) is 0 Å². The largest absolute Gasteiger partial charge is 0.354 e. The Hall–Kier alpha value is -1.16. The normalized spacial score (nSPS) is 17.1. The zero-order valence-corrected chi connectivity index (χ0v) is 13.2. The first-order chi connectivity index (χ1) is 9.55. The molecule has 1 aliphatic heterocycles. The number of aromatic nitrogens is 2. The Kier molecular flexibility index (Phi) is 5.35. The van der Waals surface area contributed by atoms with Crippen molar-refractivity contribution in [2.24, 2.45) is 0 Å². The molecule has 1 aromatic heterocycles. The fourth-order valence-electron chi connectivity index (χ4n) is 2.49. The van der Waals surface area contributed by atoms with Crippen LogP contribution in [0.25, 0.3) is 0 Å². The first-order valence-corrected chi connectivity index (χ1v) is 7.84. The lowest BCUT2D eigenvalue weighted by atomic mass is 9.89. The van der Waals surface area contributed by atoms with Crippen molar-refractivity contribution in [2.45, 2.75) is 51.9 Å². The van der Waals surface area contributed by atoms with E-state index in [0.717, 1.165) is 18.9 Å². The summed E-state index contributed by atoms with van der Waals surface area (Å²) in [5, 5.41) is 3.31. The molecule has 0 aliphatic carbocycles. The number of piperidine rings is 1. The molecule has 0 atom stereocenters. The molecular weight excluding hydrogens is 248 g/mol. The molecule has 1 N–H and O–H groups in total. The van der Waals surface area contributed by atoms with E-state index in [9.17, 15) is 0 Å². The Labute approximate surface area is 123 Å². The summed E-state index contributed by atoms with van der Waals surface area (Å²) in [6, 6.07) is 0. The monoisotopic (exact) mass is 276 g/mol. The number of nitrogens with zero attached hydrogens (tertiary/aromatic N) is 3. The van der Waals surface area contributed by atoms with Gasteiger partial charge in [-0.05, 0) is 49.9 Å². The molecule has 2 heterocycles. The summed E-state index contributed by atoms with van der Waals surface area (Å²) in [7, 11) is 0. The number of rotatable bonds is 5. The quantitative estimate of drug-likeness (QED) is 0.839. The van der Waals surface area contributed by atoms with Gasteiger partial charge in [0.15, 0.2) is 0 Å². The third-order valence-corrected chi connectivity index (χ3v) is 3.90. The molecule has 112 valence electrons. The summed E-state index contributed by atoms with van der Waals surface area (Å²) in [5.74, 6) is 0.747. The highest BCUT2D eigenvalue weighted by Crippen LogP contribution is 2.20. The van der Waals surface area contributed by atoms with Gasteiger partial charge in [0, 0.05) is 18.9 Å². The van der Waals surface area contributed by atoms with Gasteiger partial charge in [0.1, 0.15) is 0 Å². The summed E-state index contributed by atoms with van der Waals surface area (Å²) in [6.45, 7) is 11.2. The fourth-order valence-corrected chi connectivity index (χ4v) is 2.49. The van der Waals surface area contributed by atoms with Crippen molar-refractivity contribution in [3.8, 4) is 0 Å². The number of hydrogen-bond acceptors (Lipinski definition) is 4. The topological polar surface area (TPSA) is 41.1 Å². The Morgan fingerprint density at radius 2 is 1.75 bits per heavy atom. The average Bonchev–Trinajstić information content (AvgIpc) is 2.44. The molecule has 1 fully saturated rings. The van der Waals surface area contributed by atoms with Crippen LogP contribution in [0.5, 0.6) is 0 Å². The molecule has 0 spiro atoms. The van der Waals surface area contributed by atoms with Crippen molar-refractivity contribution >= 4 is 5.95 Å². The fraction of sp³-hybridized carbons (Fsp3) is 0.750. The molecule has 2 rings (SSSR count). The SMILES string of the molecule is CC(C)(C)c1cnc(NCCCN2CCCCC2)nc1. The highest BCUT2D eigenvalue weighted by Gasteiger charge is 2.14. The Balaban J connectivity index is 1.68. The van der Waals surface area contributed by atoms with E-state index in [1.807, 2.05) is 12.4 Å². The van der Waals surface area contributed by atoms with Gasteiger partial charge in [-0.1, -0.05) is 27.2 Å². The van der Waals surface area contributed by atoms with E-state index in [1.165, 1.54) is 44.5 Å². The summed E-state index contributed by atoms with van der Waals surface area (Å²) in [5.41, 5.74) is 1.30. The maximum absolute atomic E-state index is 4.39. The Morgan fingerprint density at radius 3 is 2.35 bits per heavy atom. The average molecular weight is 276 g/mol. The van der Waals surface area contributed by atoms with Crippen molar-refractivity contribution < 1.29 is 0 Å². The molecule has 1 saturated heterocycles. The van der Waals surface area contributed by atoms with Gasteiger partial charge in [-0.15, -0.1) is 0 Å². The lowest BCUT2D eigenvalue weighted by Crippen LogP contribution is -2.31. The third kappa shape index (κ3) is 4.75. The van der Waals surface area contributed by atoms with E-state index in [-0.39, 0.29) is 5.41 Å². The summed E-state index contributed by atoms with van der Waals surface area (Å²) in [6.07, 6.45) is 9.16. The summed E-state index contributed by atoms with van der Waals surface area (Å²) >= 11 is 0. The molecule has 0 saturated carbocycles. The van der Waals surface area contributed by atoms with Gasteiger partial charge in [0.2, 0.25) is 5.95 Å².